The van der Waals surface area contributed by atoms with Crippen LogP contribution in [0.15, 0.2) is 13.9 Å². The van der Waals surface area contributed by atoms with Crippen LogP contribution in [-0.4, -0.2) is 4.57 Å². The maximum atomic E-state index is 3.42. The Bertz CT molecular complexity index is 188. The minimum Gasteiger partial charge on any atom is -1.00 e. The number of hydrogen-bond acceptors (Lipinski definition) is 0. The van der Waals surface area contributed by atoms with E-state index in [4.69, 9.17) is 0 Å². The Hall–Kier alpha value is 1.13. The molecular weight excluding hydrogens is 408 g/mol. The maximum absolute atomic E-state index is 3.42. The average molecular weight is 414 g/mol. The zero-order valence-electron chi connectivity index (χ0n) is 5.91. The van der Waals surface area contributed by atoms with Crippen molar-refractivity contribution < 1.29 is 21.5 Å². The summed E-state index contributed by atoms with van der Waals surface area (Å²) in [5.41, 5.74) is 0. The van der Waals surface area contributed by atoms with E-state index in [-0.39, 0.29) is 17.0 Å². The van der Waals surface area contributed by atoms with E-state index >= 15 is 0 Å². The van der Waals surface area contributed by atoms with Gasteiger partial charge in [0.2, 0.25) is 9.21 Å². The third-order valence-corrected chi connectivity index (χ3v) is 4.72. The third kappa shape index (κ3) is 2.08. The summed E-state index contributed by atoms with van der Waals surface area (Å²) in [7, 11) is 3.94. The van der Waals surface area contributed by atoms with Crippen LogP contribution >= 0.6 is 47.8 Å². The highest BCUT2D eigenvalue weighted by atomic mass is 79.9. The van der Waals surface area contributed by atoms with Gasteiger partial charge in [-0.05, 0) is 0 Å². The summed E-state index contributed by atoms with van der Waals surface area (Å²) in [6.45, 7) is 0. The van der Waals surface area contributed by atoms with Gasteiger partial charge in [-0.2, -0.15) is 0 Å². The van der Waals surface area contributed by atoms with Gasteiger partial charge in [-0.25, -0.2) is 9.13 Å². The number of imidazole rings is 1. The van der Waals surface area contributed by atoms with Gasteiger partial charge in [0.05, 0.1) is 14.1 Å². The Labute approximate surface area is 101 Å². The molecule has 0 aliphatic carbocycles. The molecule has 11 heavy (non-hydrogen) atoms. The van der Waals surface area contributed by atoms with Crippen LogP contribution in [0.2, 0.25) is 0 Å². The van der Waals surface area contributed by atoms with E-state index in [0.29, 0.717) is 0 Å². The molecule has 0 saturated carbocycles. The summed E-state index contributed by atoms with van der Waals surface area (Å²) >= 11 is 10.2. The highest BCUT2D eigenvalue weighted by molar-refractivity contribution is 9.13. The molecule has 0 fully saturated rings. The molecule has 2 nitrogen and oxygen atoms in total. The molecule has 0 saturated heterocycles. The van der Waals surface area contributed by atoms with Crippen LogP contribution in [0.3, 0.4) is 0 Å². The summed E-state index contributed by atoms with van der Waals surface area (Å²) < 4.78 is 7.06. The summed E-state index contributed by atoms with van der Waals surface area (Å²) in [6, 6.07) is 0. The van der Waals surface area contributed by atoms with Crippen LogP contribution in [0.1, 0.15) is 0 Å². The van der Waals surface area contributed by atoms with E-state index < -0.39 is 0 Å². The van der Waals surface area contributed by atoms with Crippen molar-refractivity contribution in [2.24, 2.45) is 14.1 Å². The standard InChI is InChI=1S/C5H6Br3N2.BrH/c1-9-3(6)4(7)10(2)5(9)8;/h1-2H3;1H/q+1;/p-1. The maximum Gasteiger partial charge on any atom is 0.326 e. The molecule has 0 radical (unpaired) electrons. The van der Waals surface area contributed by atoms with Gasteiger partial charge in [0.15, 0.2) is 0 Å². The monoisotopic (exact) mass is 410 g/mol. The molecule has 0 spiro atoms. The lowest BCUT2D eigenvalue weighted by atomic mass is 10.9. The number of halogens is 4. The van der Waals surface area contributed by atoms with Gasteiger partial charge in [0, 0.05) is 47.8 Å². The second-order valence-corrected chi connectivity index (χ2v) is 4.18. The van der Waals surface area contributed by atoms with Crippen molar-refractivity contribution in [1.82, 2.24) is 4.57 Å². The Balaban J connectivity index is 0.000001000. The van der Waals surface area contributed by atoms with Gasteiger partial charge in [0.25, 0.3) is 0 Å². The van der Waals surface area contributed by atoms with E-state index in [1.807, 2.05) is 23.2 Å². The molecule has 1 heterocycles. The van der Waals surface area contributed by atoms with E-state index in [1.54, 1.807) is 0 Å². The van der Waals surface area contributed by atoms with Crippen LogP contribution in [0.5, 0.6) is 0 Å². The van der Waals surface area contributed by atoms with E-state index in [9.17, 15) is 0 Å². The fourth-order valence-electron chi connectivity index (χ4n) is 0.664. The van der Waals surface area contributed by atoms with Crippen LogP contribution in [0, 0.1) is 0 Å². The van der Waals surface area contributed by atoms with Crippen LogP contribution < -0.4 is 21.5 Å². The molecule has 0 aliphatic rings. The smallest absolute Gasteiger partial charge is 0.326 e. The van der Waals surface area contributed by atoms with Crippen LogP contribution in [0.25, 0.3) is 0 Å². The Morgan fingerprint density at radius 3 is 1.82 bits per heavy atom. The van der Waals surface area contributed by atoms with Gasteiger partial charge < -0.3 is 17.0 Å². The minimum atomic E-state index is 0. The first-order valence-corrected chi connectivity index (χ1v) is 4.98. The number of hydrogen-bond donors (Lipinski definition) is 0. The van der Waals surface area contributed by atoms with E-state index in [0.717, 1.165) is 13.9 Å². The first-order valence-electron chi connectivity index (χ1n) is 2.61. The van der Waals surface area contributed by atoms with Gasteiger partial charge in [-0.15, -0.1) is 0 Å². The topological polar surface area (TPSA) is 8.81 Å². The Morgan fingerprint density at radius 2 is 1.73 bits per heavy atom. The lowest BCUT2D eigenvalue weighted by molar-refractivity contribution is -0.693. The molecule has 0 aromatic carbocycles. The molecule has 0 unspecified atom stereocenters. The minimum absolute atomic E-state index is 0. The van der Waals surface area contributed by atoms with Crippen LogP contribution in [0.4, 0.5) is 0 Å². The van der Waals surface area contributed by atoms with Crippen molar-refractivity contribution in [3.63, 3.8) is 0 Å². The lowest BCUT2D eigenvalue weighted by Crippen LogP contribution is -3.00. The molecule has 1 aromatic rings. The second kappa shape index (κ2) is 4.39. The third-order valence-electron chi connectivity index (χ3n) is 1.31. The summed E-state index contributed by atoms with van der Waals surface area (Å²) in [5.74, 6) is 0. The normalized spacial score (nSPS) is 9.55. The van der Waals surface area contributed by atoms with Gasteiger partial charge in [-0.3, -0.25) is 0 Å². The Kier molecular flexibility index (Phi) is 4.84. The molecule has 1 rings (SSSR count). The lowest BCUT2D eigenvalue weighted by Gasteiger charge is -1.84. The van der Waals surface area contributed by atoms with Crippen molar-refractivity contribution in [3.8, 4) is 0 Å². The largest absolute Gasteiger partial charge is 1.00 e. The molecule has 0 aliphatic heterocycles. The molecule has 1 aromatic heterocycles. The van der Waals surface area contributed by atoms with Gasteiger partial charge in [0.1, 0.15) is 0 Å². The highest BCUT2D eigenvalue weighted by Crippen LogP contribution is 2.22. The van der Waals surface area contributed by atoms with Crippen molar-refractivity contribution in [3.05, 3.63) is 13.9 Å². The zero-order chi connectivity index (χ0) is 7.89. The van der Waals surface area contributed by atoms with Crippen molar-refractivity contribution >= 4 is 47.8 Å². The van der Waals surface area contributed by atoms with Crippen molar-refractivity contribution in [2.75, 3.05) is 0 Å². The molecule has 0 bridgehead atoms. The molecule has 64 valence electrons. The number of aromatic nitrogens is 2. The molecule has 0 atom stereocenters. The quantitative estimate of drug-likeness (QED) is 0.490. The SMILES string of the molecule is Cn1c(Br)c(Br)[n+](C)c1Br.[Br-]. The highest BCUT2D eigenvalue weighted by Gasteiger charge is 2.19. The molecule has 6 heteroatoms. The predicted octanol–water partition coefficient (Wildman–Crippen LogP) is -0.859. The van der Waals surface area contributed by atoms with Crippen LogP contribution in [-0.2, 0) is 14.1 Å². The molecule has 0 amide bonds. The first-order chi connectivity index (χ1) is 4.55. The number of nitrogens with zero attached hydrogens (tertiary/aromatic N) is 2. The average Bonchev–Trinajstić information content (AvgIpc) is 2.07. The molecular formula is C5H6Br4N2. The van der Waals surface area contributed by atoms with Crippen molar-refractivity contribution in [1.29, 1.82) is 0 Å². The Morgan fingerprint density at radius 1 is 1.27 bits per heavy atom. The predicted molar refractivity (Wildman–Crippen MR) is 49.7 cm³/mol. The van der Waals surface area contributed by atoms with Gasteiger partial charge >= 0.3 is 4.73 Å². The van der Waals surface area contributed by atoms with E-state index in [1.165, 1.54) is 0 Å². The van der Waals surface area contributed by atoms with Crippen molar-refractivity contribution in [2.45, 2.75) is 0 Å². The first kappa shape index (κ1) is 12.1. The van der Waals surface area contributed by atoms with E-state index in [2.05, 4.69) is 47.8 Å². The second-order valence-electron chi connectivity index (χ2n) is 1.97. The summed E-state index contributed by atoms with van der Waals surface area (Å²) in [5, 5.41) is 0. The fraction of sp³-hybridized carbons (Fsp3) is 0.400. The summed E-state index contributed by atoms with van der Waals surface area (Å²) in [4.78, 5) is 0. The molecule has 0 N–H and O–H groups in total. The van der Waals surface area contributed by atoms with Gasteiger partial charge in [-0.1, -0.05) is 0 Å². The zero-order valence-corrected chi connectivity index (χ0v) is 12.3. The fourth-order valence-corrected chi connectivity index (χ4v) is 2.36. The number of rotatable bonds is 0. The summed E-state index contributed by atoms with van der Waals surface area (Å²) in [6.07, 6.45) is 0.